The molecule has 0 fully saturated rings. The van der Waals surface area contributed by atoms with Crippen LogP contribution in [0.15, 0.2) is 4.79 Å². The Morgan fingerprint density at radius 3 is 2.86 bits per heavy atom. The summed E-state index contributed by atoms with van der Waals surface area (Å²) in [5.74, 6) is 1.06. The van der Waals surface area contributed by atoms with Crippen LogP contribution in [-0.2, 0) is 19.4 Å². The van der Waals surface area contributed by atoms with Gasteiger partial charge in [0.05, 0.1) is 11.5 Å². The van der Waals surface area contributed by atoms with Crippen LogP contribution >= 0.6 is 11.3 Å². The molecule has 2 aromatic rings. The van der Waals surface area contributed by atoms with E-state index in [0.29, 0.717) is 19.4 Å². The Morgan fingerprint density at radius 2 is 2.14 bits per heavy atom. The first-order valence-corrected chi connectivity index (χ1v) is 8.87. The van der Waals surface area contributed by atoms with E-state index in [9.17, 15) is 4.79 Å². The Hall–Kier alpha value is -1.67. The molecule has 0 unspecified atom stereocenters. The lowest BCUT2D eigenvalue weighted by molar-refractivity contribution is 0.567. The van der Waals surface area contributed by atoms with Crippen molar-refractivity contribution in [2.75, 3.05) is 0 Å². The molecular formula is C17H21N3OS. The van der Waals surface area contributed by atoms with Crippen LogP contribution < -0.4 is 5.56 Å². The van der Waals surface area contributed by atoms with E-state index in [2.05, 4.69) is 19.9 Å². The van der Waals surface area contributed by atoms with Gasteiger partial charge in [-0.05, 0) is 37.7 Å². The summed E-state index contributed by atoms with van der Waals surface area (Å²) in [6, 6.07) is 2.15. The highest BCUT2D eigenvalue weighted by atomic mass is 32.1. The van der Waals surface area contributed by atoms with E-state index in [1.54, 1.807) is 11.3 Å². The lowest BCUT2D eigenvalue weighted by Gasteiger charge is -2.15. The van der Waals surface area contributed by atoms with Crippen LogP contribution in [0.4, 0.5) is 0 Å². The van der Waals surface area contributed by atoms with Gasteiger partial charge in [0.15, 0.2) is 0 Å². The lowest BCUT2D eigenvalue weighted by Crippen LogP contribution is -2.26. The molecular weight excluding hydrogens is 294 g/mol. The fourth-order valence-corrected chi connectivity index (χ4v) is 4.49. The lowest BCUT2D eigenvalue weighted by atomic mass is 9.97. The number of fused-ring (bicyclic) bond motifs is 3. The second-order valence-electron chi connectivity index (χ2n) is 6.23. The van der Waals surface area contributed by atoms with Gasteiger partial charge in [0, 0.05) is 23.8 Å². The number of unbranched alkanes of at least 4 members (excludes halogenated alkanes) is 1. The molecule has 0 aromatic carbocycles. The fraction of sp³-hybridized carbons (Fsp3) is 0.588. The van der Waals surface area contributed by atoms with Crippen molar-refractivity contribution in [3.8, 4) is 6.07 Å². The molecule has 4 nitrogen and oxygen atoms in total. The van der Waals surface area contributed by atoms with Crippen molar-refractivity contribution >= 4 is 21.6 Å². The van der Waals surface area contributed by atoms with E-state index in [4.69, 9.17) is 10.2 Å². The van der Waals surface area contributed by atoms with Crippen molar-refractivity contribution < 1.29 is 0 Å². The Balaban J connectivity index is 2.18. The van der Waals surface area contributed by atoms with Crippen LogP contribution in [0.5, 0.6) is 0 Å². The van der Waals surface area contributed by atoms with Gasteiger partial charge in [-0.3, -0.25) is 9.36 Å². The second kappa shape index (κ2) is 6.21. The molecule has 0 bridgehead atoms. The van der Waals surface area contributed by atoms with Gasteiger partial charge in [-0.1, -0.05) is 13.8 Å². The first-order valence-electron chi connectivity index (χ1n) is 8.05. The zero-order chi connectivity index (χ0) is 15.7. The largest absolute Gasteiger partial charge is 0.296 e. The van der Waals surface area contributed by atoms with Crippen molar-refractivity contribution in [1.29, 1.82) is 5.26 Å². The van der Waals surface area contributed by atoms with Gasteiger partial charge in [-0.15, -0.1) is 11.3 Å². The maximum Gasteiger partial charge on any atom is 0.262 e. The number of hydrogen-bond donors (Lipinski definition) is 0. The van der Waals surface area contributed by atoms with Gasteiger partial charge in [0.25, 0.3) is 5.56 Å². The maximum absolute atomic E-state index is 13.0. The molecule has 5 heteroatoms. The molecule has 22 heavy (non-hydrogen) atoms. The van der Waals surface area contributed by atoms with E-state index in [1.165, 1.54) is 23.3 Å². The number of nitrogens with zero attached hydrogens (tertiary/aromatic N) is 3. The molecule has 116 valence electrons. The van der Waals surface area contributed by atoms with Crippen LogP contribution in [-0.4, -0.2) is 9.55 Å². The van der Waals surface area contributed by atoms with Crippen molar-refractivity contribution in [1.82, 2.24) is 9.55 Å². The zero-order valence-electron chi connectivity index (χ0n) is 13.2. The van der Waals surface area contributed by atoms with Crippen molar-refractivity contribution in [3.05, 3.63) is 26.6 Å². The molecule has 0 atom stereocenters. The molecule has 0 aliphatic heterocycles. The molecule has 2 aromatic heterocycles. The normalized spacial score (nSPS) is 14.3. The van der Waals surface area contributed by atoms with E-state index in [0.717, 1.165) is 28.9 Å². The fourth-order valence-electron chi connectivity index (χ4n) is 3.23. The number of nitriles is 1. The summed E-state index contributed by atoms with van der Waals surface area (Å²) in [5.41, 5.74) is 1.35. The van der Waals surface area contributed by atoms with Gasteiger partial charge < -0.3 is 0 Å². The molecule has 0 saturated heterocycles. The highest BCUT2D eigenvalue weighted by molar-refractivity contribution is 7.18. The molecule has 2 heterocycles. The summed E-state index contributed by atoms with van der Waals surface area (Å²) in [5, 5.41) is 9.59. The summed E-state index contributed by atoms with van der Waals surface area (Å²) < 4.78 is 1.81. The van der Waals surface area contributed by atoms with Crippen molar-refractivity contribution in [2.45, 2.75) is 64.8 Å². The first-order chi connectivity index (χ1) is 10.6. The summed E-state index contributed by atoms with van der Waals surface area (Å²) in [6.07, 6.45) is 5.65. The predicted molar refractivity (Wildman–Crippen MR) is 89.5 cm³/mol. The topological polar surface area (TPSA) is 58.7 Å². The minimum atomic E-state index is 0.103. The number of thiophene rings is 1. The molecule has 3 rings (SSSR count). The summed E-state index contributed by atoms with van der Waals surface area (Å²) in [6.45, 7) is 4.73. The third-order valence-electron chi connectivity index (χ3n) is 4.29. The Labute approximate surface area is 134 Å². The Kier molecular flexibility index (Phi) is 4.30. The standard InChI is InChI=1S/C17H21N3OS/c1-11(2)15-19-16-14(12-7-3-4-8-13(12)22-16)17(21)20(15)10-6-5-9-18/h11H,3-8,10H2,1-2H3. The van der Waals surface area contributed by atoms with Crippen LogP contribution in [0.3, 0.4) is 0 Å². The molecule has 1 aliphatic carbocycles. The first kappa shape index (κ1) is 15.2. The molecule has 0 radical (unpaired) electrons. The average molecular weight is 315 g/mol. The number of hydrogen-bond acceptors (Lipinski definition) is 4. The Bertz CT molecular complexity index is 795. The molecule has 0 spiro atoms. The highest BCUT2D eigenvalue weighted by Crippen LogP contribution is 2.34. The van der Waals surface area contributed by atoms with Crippen LogP contribution in [0.2, 0.25) is 0 Å². The number of aromatic nitrogens is 2. The molecule has 0 amide bonds. The van der Waals surface area contributed by atoms with Crippen LogP contribution in [0.25, 0.3) is 10.2 Å². The van der Waals surface area contributed by atoms with E-state index < -0.39 is 0 Å². The van der Waals surface area contributed by atoms with E-state index in [-0.39, 0.29) is 11.5 Å². The maximum atomic E-state index is 13.0. The third kappa shape index (κ3) is 2.56. The molecule has 0 saturated carbocycles. The third-order valence-corrected chi connectivity index (χ3v) is 5.48. The minimum absolute atomic E-state index is 0.103. The number of rotatable bonds is 4. The van der Waals surface area contributed by atoms with Gasteiger partial charge in [0.1, 0.15) is 10.7 Å². The molecule has 0 N–H and O–H groups in total. The van der Waals surface area contributed by atoms with Crippen LogP contribution in [0, 0.1) is 11.3 Å². The highest BCUT2D eigenvalue weighted by Gasteiger charge is 2.22. The average Bonchev–Trinajstić information content (AvgIpc) is 2.87. The summed E-state index contributed by atoms with van der Waals surface area (Å²) >= 11 is 1.71. The monoisotopic (exact) mass is 315 g/mol. The predicted octanol–water partition coefficient (Wildman–Crippen LogP) is 3.76. The van der Waals surface area contributed by atoms with Crippen molar-refractivity contribution in [3.63, 3.8) is 0 Å². The minimum Gasteiger partial charge on any atom is -0.296 e. The zero-order valence-corrected chi connectivity index (χ0v) is 14.0. The Morgan fingerprint density at radius 1 is 1.36 bits per heavy atom. The molecule has 1 aliphatic rings. The van der Waals surface area contributed by atoms with Gasteiger partial charge in [-0.25, -0.2) is 4.98 Å². The van der Waals surface area contributed by atoms with Crippen molar-refractivity contribution in [2.24, 2.45) is 0 Å². The van der Waals surface area contributed by atoms with Crippen LogP contribution in [0.1, 0.15) is 61.7 Å². The quantitative estimate of drug-likeness (QED) is 0.807. The van der Waals surface area contributed by atoms with Gasteiger partial charge >= 0.3 is 0 Å². The van der Waals surface area contributed by atoms with E-state index >= 15 is 0 Å². The SMILES string of the molecule is CC(C)c1nc2sc3c(c2c(=O)n1CCCC#N)CCCC3. The van der Waals surface area contributed by atoms with Gasteiger partial charge in [0.2, 0.25) is 0 Å². The number of aryl methyl sites for hydroxylation is 2. The smallest absolute Gasteiger partial charge is 0.262 e. The summed E-state index contributed by atoms with van der Waals surface area (Å²) in [4.78, 5) is 20.1. The van der Waals surface area contributed by atoms with Gasteiger partial charge in [-0.2, -0.15) is 5.26 Å². The second-order valence-corrected chi connectivity index (χ2v) is 7.32. The summed E-state index contributed by atoms with van der Waals surface area (Å²) in [7, 11) is 0. The van der Waals surface area contributed by atoms with E-state index in [1.807, 2.05) is 4.57 Å².